The Bertz CT molecular complexity index is 1120. The molecular formula is C20H15ClFNO5. The van der Waals surface area contributed by atoms with Crippen molar-refractivity contribution in [2.24, 2.45) is 0 Å². The fourth-order valence-electron chi connectivity index (χ4n) is 2.93. The van der Waals surface area contributed by atoms with Crippen LogP contribution in [0.5, 0.6) is 5.75 Å². The Labute approximate surface area is 164 Å². The number of aliphatic hydroxyl groups excluding tert-OH is 1. The van der Waals surface area contributed by atoms with Crippen molar-refractivity contribution in [2.45, 2.75) is 6.54 Å². The van der Waals surface area contributed by atoms with Crippen LogP contribution < -0.4 is 4.74 Å². The minimum atomic E-state index is -1.69. The molecule has 0 saturated heterocycles. The summed E-state index contributed by atoms with van der Waals surface area (Å²) in [6.07, 6.45) is 2.15. The van der Waals surface area contributed by atoms with E-state index in [0.29, 0.717) is 28.3 Å². The molecule has 1 aromatic heterocycles. The van der Waals surface area contributed by atoms with E-state index < -0.39 is 23.3 Å². The van der Waals surface area contributed by atoms with Gasteiger partial charge in [0.05, 0.1) is 23.0 Å². The van der Waals surface area contributed by atoms with Crippen LogP contribution in [-0.4, -0.2) is 33.6 Å². The number of carboxylic acid groups (broad SMARTS) is 1. The van der Waals surface area contributed by atoms with Crippen molar-refractivity contribution < 1.29 is 28.9 Å². The van der Waals surface area contributed by atoms with Gasteiger partial charge in [0, 0.05) is 24.4 Å². The van der Waals surface area contributed by atoms with E-state index >= 15 is 0 Å². The lowest BCUT2D eigenvalue weighted by Gasteiger charge is -2.09. The molecule has 0 radical (unpaired) electrons. The smallest absolute Gasteiger partial charge is 0.376 e. The molecule has 0 unspecified atom stereocenters. The molecule has 6 nitrogen and oxygen atoms in total. The molecule has 0 aliphatic heterocycles. The van der Waals surface area contributed by atoms with Crippen molar-refractivity contribution in [2.75, 3.05) is 7.11 Å². The number of ketones is 1. The third-order valence-corrected chi connectivity index (χ3v) is 4.64. The highest BCUT2D eigenvalue weighted by Gasteiger charge is 2.19. The zero-order valence-electron chi connectivity index (χ0n) is 14.6. The second-order valence-corrected chi connectivity index (χ2v) is 6.31. The standard InChI is InChI=1S/C20H15ClFNO5/c1-28-17-7-3-6-14-18(17)12(15(24)8-16(25)20(26)27)10-23(14)9-11-4-2-5-13(22)19(11)21/h2-8,10,24H,9H2,1H3,(H,26,27). The number of carbonyl (C=O) groups excluding carboxylic acids is 1. The van der Waals surface area contributed by atoms with E-state index in [1.165, 1.54) is 25.4 Å². The van der Waals surface area contributed by atoms with Crippen LogP contribution in [0.25, 0.3) is 16.7 Å². The number of ether oxygens (including phenoxy) is 1. The van der Waals surface area contributed by atoms with Crippen molar-refractivity contribution in [3.8, 4) is 5.75 Å². The molecule has 8 heteroatoms. The number of methoxy groups -OCH3 is 1. The number of hydrogen-bond donors (Lipinski definition) is 2. The largest absolute Gasteiger partial charge is 0.507 e. The fraction of sp³-hybridized carbons (Fsp3) is 0.100. The first-order chi connectivity index (χ1) is 13.3. The van der Waals surface area contributed by atoms with E-state index in [1.54, 1.807) is 28.8 Å². The van der Waals surface area contributed by atoms with E-state index in [-0.39, 0.29) is 17.1 Å². The summed E-state index contributed by atoms with van der Waals surface area (Å²) in [5, 5.41) is 19.6. The lowest BCUT2D eigenvalue weighted by atomic mass is 10.1. The average Bonchev–Trinajstić information content (AvgIpc) is 3.04. The van der Waals surface area contributed by atoms with Crippen molar-refractivity contribution in [1.29, 1.82) is 0 Å². The molecule has 0 amide bonds. The number of fused-ring (bicyclic) bond motifs is 1. The predicted octanol–water partition coefficient (Wildman–Crippen LogP) is 4.04. The van der Waals surface area contributed by atoms with Crippen molar-refractivity contribution >= 4 is 40.0 Å². The molecule has 144 valence electrons. The third kappa shape index (κ3) is 3.57. The van der Waals surface area contributed by atoms with Gasteiger partial charge in [-0.25, -0.2) is 9.18 Å². The van der Waals surface area contributed by atoms with Crippen LogP contribution in [-0.2, 0) is 16.1 Å². The van der Waals surface area contributed by atoms with Gasteiger partial charge in [0.2, 0.25) is 0 Å². The summed E-state index contributed by atoms with van der Waals surface area (Å²) >= 11 is 6.04. The van der Waals surface area contributed by atoms with Crippen LogP contribution in [0.1, 0.15) is 11.1 Å². The van der Waals surface area contributed by atoms with Crippen LogP contribution in [0, 0.1) is 5.82 Å². The Balaban J connectivity index is 2.19. The maximum Gasteiger partial charge on any atom is 0.376 e. The highest BCUT2D eigenvalue weighted by molar-refractivity contribution is 6.38. The van der Waals surface area contributed by atoms with Crippen molar-refractivity contribution in [3.63, 3.8) is 0 Å². The summed E-state index contributed by atoms with van der Waals surface area (Å²) in [5.74, 6) is -3.61. The van der Waals surface area contributed by atoms with Gasteiger partial charge in [-0.05, 0) is 23.8 Å². The van der Waals surface area contributed by atoms with E-state index in [4.69, 9.17) is 21.4 Å². The van der Waals surface area contributed by atoms with Crippen LogP contribution in [0.3, 0.4) is 0 Å². The zero-order valence-corrected chi connectivity index (χ0v) is 15.4. The average molecular weight is 404 g/mol. The Morgan fingerprint density at radius 2 is 1.93 bits per heavy atom. The third-order valence-electron chi connectivity index (χ3n) is 4.21. The molecule has 1 heterocycles. The van der Waals surface area contributed by atoms with Gasteiger partial charge in [0.15, 0.2) is 0 Å². The second-order valence-electron chi connectivity index (χ2n) is 5.94. The molecule has 0 spiro atoms. The van der Waals surface area contributed by atoms with E-state index in [9.17, 15) is 19.1 Å². The van der Waals surface area contributed by atoms with Gasteiger partial charge < -0.3 is 19.5 Å². The first kappa shape index (κ1) is 19.4. The normalized spacial score (nSPS) is 11.6. The first-order valence-corrected chi connectivity index (χ1v) is 8.48. The molecule has 0 saturated carbocycles. The molecule has 0 aliphatic carbocycles. The number of benzene rings is 2. The number of aliphatic hydroxyl groups is 1. The number of halogens is 2. The quantitative estimate of drug-likeness (QED) is 0.368. The predicted molar refractivity (Wildman–Crippen MR) is 102 cm³/mol. The van der Waals surface area contributed by atoms with Gasteiger partial charge in [0.25, 0.3) is 5.78 Å². The second kappa shape index (κ2) is 7.74. The molecule has 0 bridgehead atoms. The molecule has 28 heavy (non-hydrogen) atoms. The minimum Gasteiger partial charge on any atom is -0.507 e. The van der Waals surface area contributed by atoms with Crippen molar-refractivity contribution in [3.05, 3.63) is 70.6 Å². The summed E-state index contributed by atoms with van der Waals surface area (Å²) in [6, 6.07) is 9.60. The van der Waals surface area contributed by atoms with Crippen LogP contribution in [0.15, 0.2) is 48.7 Å². The molecule has 2 N–H and O–H groups in total. The summed E-state index contributed by atoms with van der Waals surface area (Å²) in [6.45, 7) is 0.181. The number of aliphatic carboxylic acids is 1. The lowest BCUT2D eigenvalue weighted by Crippen LogP contribution is -2.09. The summed E-state index contributed by atoms with van der Waals surface area (Å²) in [7, 11) is 1.45. The van der Waals surface area contributed by atoms with Gasteiger partial charge in [-0.2, -0.15) is 0 Å². The Morgan fingerprint density at radius 3 is 2.61 bits per heavy atom. The summed E-state index contributed by atoms with van der Waals surface area (Å²) in [5.41, 5.74) is 1.34. The Hall–Kier alpha value is -3.32. The van der Waals surface area contributed by atoms with Gasteiger partial charge in [-0.3, -0.25) is 4.79 Å². The number of carboxylic acids is 1. The van der Waals surface area contributed by atoms with E-state index in [0.717, 1.165) is 0 Å². The molecule has 3 aromatic rings. The summed E-state index contributed by atoms with van der Waals surface area (Å²) < 4.78 is 20.8. The van der Waals surface area contributed by atoms with Crippen LogP contribution >= 0.6 is 11.6 Å². The fourth-order valence-corrected chi connectivity index (χ4v) is 3.12. The zero-order chi connectivity index (χ0) is 20.4. The molecule has 0 aliphatic rings. The highest BCUT2D eigenvalue weighted by atomic mass is 35.5. The summed E-state index contributed by atoms with van der Waals surface area (Å²) in [4.78, 5) is 22.2. The Kier molecular flexibility index (Phi) is 5.37. The molecule has 0 fully saturated rings. The first-order valence-electron chi connectivity index (χ1n) is 8.10. The Morgan fingerprint density at radius 1 is 1.21 bits per heavy atom. The molecular weight excluding hydrogens is 389 g/mol. The number of aromatic nitrogens is 1. The SMILES string of the molecule is COc1cccc2c1c(C(O)=CC(=O)C(=O)O)cn2Cc1cccc(F)c1Cl. The van der Waals surface area contributed by atoms with Gasteiger partial charge in [-0.1, -0.05) is 29.8 Å². The topological polar surface area (TPSA) is 88.8 Å². The number of hydrogen-bond acceptors (Lipinski definition) is 4. The van der Waals surface area contributed by atoms with E-state index in [2.05, 4.69) is 0 Å². The number of rotatable bonds is 6. The van der Waals surface area contributed by atoms with E-state index in [1.807, 2.05) is 0 Å². The van der Waals surface area contributed by atoms with Gasteiger partial charge in [-0.15, -0.1) is 0 Å². The lowest BCUT2D eigenvalue weighted by molar-refractivity contribution is -0.146. The molecule has 0 atom stereocenters. The van der Waals surface area contributed by atoms with Crippen molar-refractivity contribution in [1.82, 2.24) is 4.57 Å². The minimum absolute atomic E-state index is 0.0189. The van der Waals surface area contributed by atoms with Crippen LogP contribution in [0.4, 0.5) is 4.39 Å². The number of carbonyl (C=O) groups is 2. The molecule has 3 rings (SSSR count). The van der Waals surface area contributed by atoms with Crippen LogP contribution in [0.2, 0.25) is 5.02 Å². The number of nitrogens with zero attached hydrogens (tertiary/aromatic N) is 1. The van der Waals surface area contributed by atoms with Gasteiger partial charge >= 0.3 is 5.97 Å². The molecule has 2 aromatic carbocycles. The maximum absolute atomic E-state index is 13.8. The van der Waals surface area contributed by atoms with Gasteiger partial charge in [0.1, 0.15) is 17.3 Å². The highest BCUT2D eigenvalue weighted by Crippen LogP contribution is 2.34. The maximum atomic E-state index is 13.8. The monoisotopic (exact) mass is 403 g/mol.